The molecule has 5 heteroatoms. The van der Waals surface area contributed by atoms with Crippen LogP contribution in [0.3, 0.4) is 0 Å². The minimum absolute atomic E-state index is 0.0425. The quantitative estimate of drug-likeness (QED) is 0.754. The zero-order valence-corrected chi connectivity index (χ0v) is 9.39. The highest BCUT2D eigenvalue weighted by Gasteiger charge is 2.50. The Morgan fingerprint density at radius 3 is 3.00 bits per heavy atom. The molecule has 5 nitrogen and oxygen atoms in total. The van der Waals surface area contributed by atoms with Gasteiger partial charge in [0.05, 0.1) is 6.54 Å². The third-order valence-corrected chi connectivity index (χ3v) is 3.70. The smallest absolute Gasteiger partial charge is 0.225 e. The van der Waals surface area contributed by atoms with Crippen molar-refractivity contribution in [2.45, 2.75) is 5.60 Å². The molecule has 2 fully saturated rings. The molecule has 86 valence electrons. The fourth-order valence-corrected chi connectivity index (χ4v) is 2.77. The second-order valence-corrected chi connectivity index (χ2v) is 4.53. The third kappa shape index (κ3) is 1.39. The molecular formula is C11H16N4O. The van der Waals surface area contributed by atoms with Gasteiger partial charge in [0, 0.05) is 45.1 Å². The maximum Gasteiger partial charge on any atom is 0.225 e. The first kappa shape index (κ1) is 9.99. The molecule has 0 spiro atoms. The average Bonchev–Trinajstić information content (AvgIpc) is 2.86. The maximum absolute atomic E-state index is 5.71. The lowest BCUT2D eigenvalue weighted by Gasteiger charge is -2.26. The fourth-order valence-electron chi connectivity index (χ4n) is 2.77. The zero-order chi connectivity index (χ0) is 11.0. The van der Waals surface area contributed by atoms with Gasteiger partial charge in [0.2, 0.25) is 5.95 Å². The van der Waals surface area contributed by atoms with E-state index in [9.17, 15) is 0 Å². The molecule has 3 rings (SSSR count). The van der Waals surface area contributed by atoms with E-state index in [0.717, 1.165) is 32.1 Å². The molecule has 2 saturated heterocycles. The van der Waals surface area contributed by atoms with Crippen LogP contribution in [-0.4, -0.2) is 48.9 Å². The normalized spacial score (nSPS) is 33.1. The SMILES string of the molecule is COC12CNCC1CN(c1ncccn1)C2. The summed E-state index contributed by atoms with van der Waals surface area (Å²) in [5.41, 5.74) is -0.0425. The van der Waals surface area contributed by atoms with Crippen molar-refractivity contribution < 1.29 is 4.74 Å². The van der Waals surface area contributed by atoms with E-state index in [2.05, 4.69) is 20.2 Å². The molecule has 0 saturated carbocycles. The van der Waals surface area contributed by atoms with E-state index in [0.29, 0.717) is 5.92 Å². The first-order valence-corrected chi connectivity index (χ1v) is 5.62. The van der Waals surface area contributed by atoms with Gasteiger partial charge in [0.25, 0.3) is 0 Å². The van der Waals surface area contributed by atoms with Crippen molar-refractivity contribution in [2.75, 3.05) is 38.2 Å². The van der Waals surface area contributed by atoms with E-state index < -0.39 is 0 Å². The minimum atomic E-state index is -0.0425. The van der Waals surface area contributed by atoms with E-state index in [-0.39, 0.29) is 5.60 Å². The summed E-state index contributed by atoms with van der Waals surface area (Å²) in [4.78, 5) is 10.8. The molecule has 1 N–H and O–H groups in total. The molecular weight excluding hydrogens is 204 g/mol. The maximum atomic E-state index is 5.71. The van der Waals surface area contributed by atoms with Crippen molar-refractivity contribution in [1.82, 2.24) is 15.3 Å². The van der Waals surface area contributed by atoms with Crippen LogP contribution in [0.15, 0.2) is 18.5 Å². The van der Waals surface area contributed by atoms with Crippen LogP contribution in [0.2, 0.25) is 0 Å². The molecule has 16 heavy (non-hydrogen) atoms. The molecule has 0 aliphatic carbocycles. The molecule has 0 radical (unpaired) electrons. The molecule has 2 aliphatic rings. The van der Waals surface area contributed by atoms with Crippen molar-refractivity contribution in [3.05, 3.63) is 18.5 Å². The second kappa shape index (κ2) is 3.68. The number of nitrogens with zero attached hydrogens (tertiary/aromatic N) is 3. The van der Waals surface area contributed by atoms with Crippen LogP contribution in [0.5, 0.6) is 0 Å². The van der Waals surface area contributed by atoms with Crippen molar-refractivity contribution in [1.29, 1.82) is 0 Å². The molecule has 1 aromatic heterocycles. The first-order valence-electron chi connectivity index (χ1n) is 5.62. The number of hydrogen-bond donors (Lipinski definition) is 1. The van der Waals surface area contributed by atoms with Crippen molar-refractivity contribution >= 4 is 5.95 Å². The van der Waals surface area contributed by atoms with Gasteiger partial charge < -0.3 is 15.0 Å². The summed E-state index contributed by atoms with van der Waals surface area (Å²) in [5.74, 6) is 1.36. The van der Waals surface area contributed by atoms with E-state index in [1.165, 1.54) is 0 Å². The molecule has 0 aromatic carbocycles. The molecule has 1 aromatic rings. The monoisotopic (exact) mass is 220 g/mol. The predicted octanol–water partition coefficient (Wildman–Crippen LogP) is -0.0988. The Morgan fingerprint density at radius 1 is 1.50 bits per heavy atom. The minimum Gasteiger partial charge on any atom is -0.375 e. The van der Waals surface area contributed by atoms with E-state index in [1.54, 1.807) is 19.5 Å². The highest BCUT2D eigenvalue weighted by Crippen LogP contribution is 2.34. The second-order valence-electron chi connectivity index (χ2n) is 4.53. The summed E-state index contributed by atoms with van der Waals surface area (Å²) in [6.07, 6.45) is 3.57. The van der Waals surface area contributed by atoms with E-state index >= 15 is 0 Å². The number of fused-ring (bicyclic) bond motifs is 1. The molecule has 2 aliphatic heterocycles. The largest absolute Gasteiger partial charge is 0.375 e. The van der Waals surface area contributed by atoms with Crippen LogP contribution in [0, 0.1) is 5.92 Å². The van der Waals surface area contributed by atoms with Gasteiger partial charge in [0.15, 0.2) is 0 Å². The van der Waals surface area contributed by atoms with Gasteiger partial charge in [0.1, 0.15) is 5.60 Å². The highest BCUT2D eigenvalue weighted by molar-refractivity contribution is 5.34. The van der Waals surface area contributed by atoms with Crippen LogP contribution < -0.4 is 10.2 Å². The Kier molecular flexibility index (Phi) is 2.29. The number of anilines is 1. The summed E-state index contributed by atoms with van der Waals surface area (Å²) in [6.45, 7) is 3.81. The molecule has 3 heterocycles. The van der Waals surface area contributed by atoms with Gasteiger partial charge in [-0.1, -0.05) is 0 Å². The highest BCUT2D eigenvalue weighted by atomic mass is 16.5. The van der Waals surface area contributed by atoms with Gasteiger partial charge in [-0.05, 0) is 6.07 Å². The summed E-state index contributed by atoms with van der Waals surface area (Å²) in [6, 6.07) is 1.84. The van der Waals surface area contributed by atoms with Gasteiger partial charge >= 0.3 is 0 Å². The zero-order valence-electron chi connectivity index (χ0n) is 9.39. The number of nitrogens with one attached hydrogen (secondary N) is 1. The van der Waals surface area contributed by atoms with Crippen LogP contribution >= 0.6 is 0 Å². The van der Waals surface area contributed by atoms with Gasteiger partial charge in [-0.2, -0.15) is 0 Å². The summed E-state index contributed by atoms with van der Waals surface area (Å²) in [7, 11) is 1.80. The van der Waals surface area contributed by atoms with Crippen LogP contribution in [0.4, 0.5) is 5.95 Å². The van der Waals surface area contributed by atoms with Crippen LogP contribution in [0.1, 0.15) is 0 Å². The van der Waals surface area contributed by atoms with E-state index in [1.807, 2.05) is 6.07 Å². The lowest BCUT2D eigenvalue weighted by atomic mass is 9.95. The standard InChI is InChI=1S/C11H16N4O/c1-16-11-7-12-5-9(11)6-15(8-11)10-13-3-2-4-14-10/h2-4,9,12H,5-8H2,1H3. The number of rotatable bonds is 2. The Morgan fingerprint density at radius 2 is 2.31 bits per heavy atom. The van der Waals surface area contributed by atoms with E-state index in [4.69, 9.17) is 4.74 Å². The van der Waals surface area contributed by atoms with Crippen molar-refractivity contribution in [3.8, 4) is 0 Å². The first-order chi connectivity index (χ1) is 7.84. The Labute approximate surface area is 94.8 Å². The number of hydrogen-bond acceptors (Lipinski definition) is 5. The molecule has 0 amide bonds. The number of ether oxygens (including phenoxy) is 1. The van der Waals surface area contributed by atoms with Gasteiger partial charge in [-0.25, -0.2) is 9.97 Å². The molecule has 2 unspecified atom stereocenters. The summed E-state index contributed by atoms with van der Waals surface area (Å²) < 4.78 is 5.71. The topological polar surface area (TPSA) is 50.3 Å². The Balaban J connectivity index is 1.83. The molecule has 0 bridgehead atoms. The number of aromatic nitrogens is 2. The summed E-state index contributed by atoms with van der Waals surface area (Å²) in [5, 5.41) is 3.40. The van der Waals surface area contributed by atoms with Crippen LogP contribution in [-0.2, 0) is 4.74 Å². The van der Waals surface area contributed by atoms with Gasteiger partial charge in [-0.15, -0.1) is 0 Å². The Hall–Kier alpha value is -1.20. The average molecular weight is 220 g/mol. The predicted molar refractivity (Wildman–Crippen MR) is 60.3 cm³/mol. The third-order valence-electron chi connectivity index (χ3n) is 3.70. The molecule has 2 atom stereocenters. The number of methoxy groups -OCH3 is 1. The lowest BCUT2D eigenvalue weighted by molar-refractivity contribution is 0.00149. The Bertz CT molecular complexity index is 372. The fraction of sp³-hybridized carbons (Fsp3) is 0.636. The van der Waals surface area contributed by atoms with Crippen molar-refractivity contribution in [2.24, 2.45) is 5.92 Å². The van der Waals surface area contributed by atoms with Gasteiger partial charge in [-0.3, -0.25) is 0 Å². The van der Waals surface area contributed by atoms with Crippen molar-refractivity contribution in [3.63, 3.8) is 0 Å². The lowest BCUT2D eigenvalue weighted by Crippen LogP contribution is -2.41. The van der Waals surface area contributed by atoms with Crippen LogP contribution in [0.25, 0.3) is 0 Å². The summed E-state index contributed by atoms with van der Waals surface area (Å²) >= 11 is 0.